The normalized spacial score (nSPS) is 24.9. The van der Waals surface area contributed by atoms with Gasteiger partial charge in [0.15, 0.2) is 6.10 Å². The van der Waals surface area contributed by atoms with E-state index in [2.05, 4.69) is 4.90 Å². The van der Waals surface area contributed by atoms with Crippen molar-refractivity contribution in [1.82, 2.24) is 4.90 Å². The Bertz CT molecular complexity index is 928. The molecule has 27 heavy (non-hydrogen) atoms. The van der Waals surface area contributed by atoms with Crippen molar-refractivity contribution < 1.29 is 23.4 Å². The standard InChI is InChI=1S/C20H23NO6/c1-12(22)25-19-17(21-8-10-24-11-9-21)16-14(27-20(19,2)3)6-4-13-5-7-15(23)26-18(13)16/h4-7,17,19H,8-11H2,1-3H3. The molecule has 2 unspecified atom stereocenters. The van der Waals surface area contributed by atoms with E-state index >= 15 is 0 Å². The molecule has 0 N–H and O–H groups in total. The van der Waals surface area contributed by atoms with E-state index in [0.717, 1.165) is 10.9 Å². The minimum atomic E-state index is -0.746. The van der Waals surface area contributed by atoms with Crippen LogP contribution in [0.1, 0.15) is 32.4 Å². The molecule has 2 aliphatic rings. The Morgan fingerprint density at radius 2 is 1.89 bits per heavy atom. The van der Waals surface area contributed by atoms with Crippen molar-refractivity contribution in [2.75, 3.05) is 26.3 Å². The van der Waals surface area contributed by atoms with Crippen molar-refractivity contribution in [3.8, 4) is 5.75 Å². The van der Waals surface area contributed by atoms with Gasteiger partial charge in [0.05, 0.1) is 24.8 Å². The molecule has 0 aliphatic carbocycles. The molecule has 0 bridgehead atoms. The first kappa shape index (κ1) is 18.0. The summed E-state index contributed by atoms with van der Waals surface area (Å²) in [6.07, 6.45) is -0.559. The minimum absolute atomic E-state index is 0.300. The number of benzene rings is 1. The zero-order valence-electron chi connectivity index (χ0n) is 15.7. The fourth-order valence-corrected chi connectivity index (χ4v) is 3.99. The lowest BCUT2D eigenvalue weighted by Gasteiger charge is -2.48. The van der Waals surface area contributed by atoms with Crippen molar-refractivity contribution in [3.05, 3.63) is 40.2 Å². The summed E-state index contributed by atoms with van der Waals surface area (Å²) in [5, 5.41) is 0.802. The van der Waals surface area contributed by atoms with E-state index in [1.807, 2.05) is 26.0 Å². The summed E-state index contributed by atoms with van der Waals surface area (Å²) in [5.74, 6) is 0.266. The van der Waals surface area contributed by atoms with Gasteiger partial charge in [-0.15, -0.1) is 0 Å². The number of nitrogens with zero attached hydrogens (tertiary/aromatic N) is 1. The average molecular weight is 373 g/mol. The number of hydrogen-bond acceptors (Lipinski definition) is 7. The second kappa shape index (κ2) is 6.65. The molecule has 0 saturated carbocycles. The first-order chi connectivity index (χ1) is 12.9. The fraction of sp³-hybridized carbons (Fsp3) is 0.500. The molecule has 2 aliphatic heterocycles. The van der Waals surface area contributed by atoms with Gasteiger partial charge in [-0.3, -0.25) is 9.69 Å². The summed E-state index contributed by atoms with van der Waals surface area (Å²) in [5.41, 5.74) is 0.0528. The number of esters is 1. The lowest BCUT2D eigenvalue weighted by Crippen LogP contribution is -2.57. The predicted octanol–water partition coefficient (Wildman–Crippen LogP) is 2.27. The third-order valence-electron chi connectivity index (χ3n) is 5.16. The molecule has 7 heteroatoms. The monoisotopic (exact) mass is 373 g/mol. The van der Waals surface area contributed by atoms with Gasteiger partial charge in [0.25, 0.3) is 0 Å². The molecular formula is C20H23NO6. The van der Waals surface area contributed by atoms with Crippen molar-refractivity contribution >= 4 is 16.9 Å². The van der Waals surface area contributed by atoms with Crippen LogP contribution < -0.4 is 10.4 Å². The number of morpholine rings is 1. The Morgan fingerprint density at radius 3 is 2.59 bits per heavy atom. The highest BCUT2D eigenvalue weighted by atomic mass is 16.6. The van der Waals surface area contributed by atoms with E-state index in [9.17, 15) is 9.59 Å². The van der Waals surface area contributed by atoms with Gasteiger partial charge >= 0.3 is 11.6 Å². The maximum Gasteiger partial charge on any atom is 0.336 e. The molecule has 4 rings (SSSR count). The Labute approximate surface area is 156 Å². The molecule has 2 atom stereocenters. The topological polar surface area (TPSA) is 78.2 Å². The molecule has 1 fully saturated rings. The lowest BCUT2D eigenvalue weighted by atomic mass is 9.84. The maximum atomic E-state index is 11.9. The molecule has 1 aromatic heterocycles. The van der Waals surface area contributed by atoms with Crippen molar-refractivity contribution in [1.29, 1.82) is 0 Å². The van der Waals surface area contributed by atoms with E-state index in [1.165, 1.54) is 13.0 Å². The second-order valence-corrected chi connectivity index (χ2v) is 7.48. The zero-order valence-corrected chi connectivity index (χ0v) is 15.7. The van der Waals surface area contributed by atoms with Crippen molar-refractivity contribution in [2.24, 2.45) is 0 Å². The van der Waals surface area contributed by atoms with Crippen LogP contribution in [0.15, 0.2) is 33.5 Å². The molecule has 7 nitrogen and oxygen atoms in total. The van der Waals surface area contributed by atoms with Crippen LogP contribution in [0.5, 0.6) is 5.75 Å². The van der Waals surface area contributed by atoms with Gasteiger partial charge in [-0.2, -0.15) is 0 Å². The molecule has 2 aromatic rings. The summed E-state index contributed by atoms with van der Waals surface area (Å²) < 4.78 is 23.0. The van der Waals surface area contributed by atoms with E-state index in [0.29, 0.717) is 37.6 Å². The van der Waals surface area contributed by atoms with Gasteiger partial charge in [0.1, 0.15) is 16.9 Å². The molecule has 0 amide bonds. The number of fused-ring (bicyclic) bond motifs is 3. The van der Waals surface area contributed by atoms with Gasteiger partial charge in [0, 0.05) is 31.5 Å². The van der Waals surface area contributed by atoms with Crippen LogP contribution in [0.4, 0.5) is 0 Å². The third-order valence-corrected chi connectivity index (χ3v) is 5.16. The molecule has 3 heterocycles. The van der Waals surface area contributed by atoms with E-state index in [1.54, 1.807) is 6.07 Å². The lowest BCUT2D eigenvalue weighted by molar-refractivity contribution is -0.171. The Hall–Kier alpha value is -2.38. The average Bonchev–Trinajstić information content (AvgIpc) is 2.62. The molecule has 0 spiro atoms. The van der Waals surface area contributed by atoms with Crippen LogP contribution in [0.25, 0.3) is 11.0 Å². The SMILES string of the molecule is CC(=O)OC1C(N2CCOCC2)c2c(ccc3ccc(=O)oc23)OC1(C)C. The van der Waals surface area contributed by atoms with E-state index in [4.69, 9.17) is 18.6 Å². The Morgan fingerprint density at radius 1 is 1.19 bits per heavy atom. The van der Waals surface area contributed by atoms with Crippen LogP contribution in [0.3, 0.4) is 0 Å². The number of rotatable bonds is 2. The molecule has 1 saturated heterocycles. The molecule has 0 radical (unpaired) electrons. The third kappa shape index (κ3) is 3.21. The van der Waals surface area contributed by atoms with Crippen LogP contribution in [0, 0.1) is 0 Å². The highest BCUT2D eigenvalue weighted by Crippen LogP contribution is 2.47. The zero-order chi connectivity index (χ0) is 19.2. The summed E-state index contributed by atoms with van der Waals surface area (Å²) >= 11 is 0. The molecule has 1 aromatic carbocycles. The quantitative estimate of drug-likeness (QED) is 0.590. The predicted molar refractivity (Wildman–Crippen MR) is 97.9 cm³/mol. The highest BCUT2D eigenvalue weighted by Gasteiger charge is 2.50. The van der Waals surface area contributed by atoms with Crippen LogP contribution in [0.2, 0.25) is 0 Å². The van der Waals surface area contributed by atoms with Gasteiger partial charge in [-0.25, -0.2) is 4.79 Å². The van der Waals surface area contributed by atoms with Gasteiger partial charge in [0.2, 0.25) is 0 Å². The first-order valence-electron chi connectivity index (χ1n) is 9.11. The van der Waals surface area contributed by atoms with Gasteiger partial charge in [-0.05, 0) is 32.0 Å². The smallest absolute Gasteiger partial charge is 0.336 e. The molecular weight excluding hydrogens is 350 g/mol. The number of carbonyl (C=O) groups is 1. The first-order valence-corrected chi connectivity index (χ1v) is 9.11. The van der Waals surface area contributed by atoms with Crippen molar-refractivity contribution in [2.45, 2.75) is 38.5 Å². The Kier molecular flexibility index (Phi) is 4.44. The van der Waals surface area contributed by atoms with Gasteiger partial charge < -0.3 is 18.6 Å². The minimum Gasteiger partial charge on any atom is -0.483 e. The Balaban J connectivity index is 1.95. The summed E-state index contributed by atoms with van der Waals surface area (Å²) in [6.45, 7) is 7.76. The van der Waals surface area contributed by atoms with E-state index in [-0.39, 0.29) is 12.0 Å². The summed E-state index contributed by atoms with van der Waals surface area (Å²) in [6, 6.07) is 6.59. The van der Waals surface area contributed by atoms with Crippen LogP contribution >= 0.6 is 0 Å². The van der Waals surface area contributed by atoms with Crippen LogP contribution in [-0.2, 0) is 14.3 Å². The fourth-order valence-electron chi connectivity index (χ4n) is 3.99. The second-order valence-electron chi connectivity index (χ2n) is 7.48. The number of carbonyl (C=O) groups excluding carboxylic acids is 1. The highest BCUT2D eigenvalue weighted by molar-refractivity contribution is 5.83. The van der Waals surface area contributed by atoms with Gasteiger partial charge in [-0.1, -0.05) is 0 Å². The van der Waals surface area contributed by atoms with Crippen LogP contribution in [-0.4, -0.2) is 48.9 Å². The van der Waals surface area contributed by atoms with Crippen molar-refractivity contribution in [3.63, 3.8) is 0 Å². The number of hydrogen-bond donors (Lipinski definition) is 0. The van der Waals surface area contributed by atoms with E-state index < -0.39 is 17.3 Å². The molecule has 144 valence electrons. The summed E-state index contributed by atoms with van der Waals surface area (Å²) in [7, 11) is 0. The largest absolute Gasteiger partial charge is 0.483 e. The summed E-state index contributed by atoms with van der Waals surface area (Å²) in [4.78, 5) is 26.0. The number of ether oxygens (including phenoxy) is 3. The maximum absolute atomic E-state index is 11.9.